The van der Waals surface area contributed by atoms with Crippen molar-refractivity contribution in [2.75, 3.05) is 6.54 Å². The van der Waals surface area contributed by atoms with Crippen LogP contribution in [0.1, 0.15) is 60.0 Å². The predicted octanol–water partition coefficient (Wildman–Crippen LogP) is 2.43. The van der Waals surface area contributed by atoms with Gasteiger partial charge in [0.1, 0.15) is 11.9 Å². The number of halogens is 1. The first-order valence-electron chi connectivity index (χ1n) is 12.4. The van der Waals surface area contributed by atoms with E-state index in [1.54, 1.807) is 29.2 Å². The van der Waals surface area contributed by atoms with Gasteiger partial charge in [-0.25, -0.2) is 9.18 Å². The van der Waals surface area contributed by atoms with Crippen LogP contribution in [0.4, 0.5) is 4.39 Å². The Bertz CT molecular complexity index is 1520. The average molecular weight is 504 g/mol. The maximum Gasteiger partial charge on any atom is 0.323 e. The van der Waals surface area contributed by atoms with E-state index in [1.807, 2.05) is 6.07 Å². The number of likely N-dealkylation sites (tertiary alicyclic amines) is 1. The van der Waals surface area contributed by atoms with Gasteiger partial charge in [-0.05, 0) is 54.9 Å². The minimum atomic E-state index is -0.738. The molecular formula is C26H26FN7O3. The topological polar surface area (TPSA) is 140 Å². The molecule has 4 N–H and O–H groups in total. The summed E-state index contributed by atoms with van der Waals surface area (Å²) in [5.41, 5.74) is 3.12. The molecule has 1 saturated carbocycles. The van der Waals surface area contributed by atoms with E-state index < -0.39 is 12.1 Å². The van der Waals surface area contributed by atoms with Crippen LogP contribution in [0.5, 0.6) is 0 Å². The standard InChI is InChI=1S/C26H26FN7O3/c27-19-11-15(8-9-17(19)14-6-7-14)23(18-3-1-4-20-24(18)31-26(37)29-20)30-25(36)21-5-2-10-34(21)22(35)12-16-13-28-33-32-16/h1,3-4,8-9,11,13-14,21,23H,2,5-7,10,12H2,(H,30,36)(H,28,32,33)(H2,29,31,37)/t21-,23-/m0/s1. The van der Waals surface area contributed by atoms with Gasteiger partial charge in [-0.3, -0.25) is 9.59 Å². The third-order valence-electron chi connectivity index (χ3n) is 7.23. The van der Waals surface area contributed by atoms with Crippen molar-refractivity contribution >= 4 is 22.8 Å². The van der Waals surface area contributed by atoms with Gasteiger partial charge in [0, 0.05) is 12.1 Å². The van der Waals surface area contributed by atoms with Crippen LogP contribution in [0, 0.1) is 5.82 Å². The number of nitrogens with zero attached hydrogens (tertiary/aromatic N) is 3. The number of nitrogens with one attached hydrogen (secondary N) is 4. The smallest absolute Gasteiger partial charge is 0.323 e. The number of rotatable bonds is 7. The second kappa shape index (κ2) is 9.30. The molecular weight excluding hydrogens is 477 g/mol. The summed E-state index contributed by atoms with van der Waals surface area (Å²) in [6.07, 6.45) is 4.68. The molecule has 2 amide bonds. The number of hydrogen-bond acceptors (Lipinski definition) is 5. The van der Waals surface area contributed by atoms with Gasteiger partial charge in [-0.2, -0.15) is 15.4 Å². The molecule has 2 aromatic heterocycles. The number of aromatic amines is 3. The summed E-state index contributed by atoms with van der Waals surface area (Å²) in [5, 5.41) is 13.2. The molecule has 4 aromatic rings. The Morgan fingerprint density at radius 3 is 2.78 bits per heavy atom. The molecule has 0 radical (unpaired) electrons. The van der Waals surface area contributed by atoms with E-state index in [0.29, 0.717) is 52.8 Å². The lowest BCUT2D eigenvalue weighted by Gasteiger charge is -2.27. The highest BCUT2D eigenvalue weighted by Crippen LogP contribution is 2.42. The average Bonchev–Trinajstić information content (AvgIpc) is 3.23. The van der Waals surface area contributed by atoms with E-state index in [0.717, 1.165) is 12.8 Å². The lowest BCUT2D eigenvalue weighted by atomic mass is 9.95. The summed E-state index contributed by atoms with van der Waals surface area (Å²) in [6.45, 7) is 0.463. The molecule has 0 spiro atoms. The molecule has 2 aromatic carbocycles. The van der Waals surface area contributed by atoms with E-state index in [4.69, 9.17) is 0 Å². The Labute approximate surface area is 210 Å². The van der Waals surface area contributed by atoms with E-state index in [2.05, 4.69) is 30.7 Å². The van der Waals surface area contributed by atoms with Crippen molar-refractivity contribution in [3.63, 3.8) is 0 Å². The van der Waals surface area contributed by atoms with Crippen LogP contribution < -0.4 is 11.0 Å². The Morgan fingerprint density at radius 1 is 1.16 bits per heavy atom. The number of H-pyrrole nitrogens is 3. The van der Waals surface area contributed by atoms with Crippen molar-refractivity contribution in [2.24, 2.45) is 0 Å². The maximum absolute atomic E-state index is 15.1. The van der Waals surface area contributed by atoms with Gasteiger partial charge in [-0.1, -0.05) is 24.3 Å². The van der Waals surface area contributed by atoms with E-state index >= 15 is 4.39 Å². The molecule has 2 aliphatic rings. The molecule has 10 nitrogen and oxygen atoms in total. The lowest BCUT2D eigenvalue weighted by Crippen LogP contribution is -2.47. The summed E-state index contributed by atoms with van der Waals surface area (Å²) in [5.74, 6) is -0.605. The van der Waals surface area contributed by atoms with Gasteiger partial charge in [-0.15, -0.1) is 0 Å². The third-order valence-corrected chi connectivity index (χ3v) is 7.23. The summed E-state index contributed by atoms with van der Waals surface area (Å²) in [7, 11) is 0. The van der Waals surface area contributed by atoms with Crippen LogP contribution in [0.2, 0.25) is 0 Å². The van der Waals surface area contributed by atoms with Gasteiger partial charge >= 0.3 is 5.69 Å². The minimum absolute atomic E-state index is 0.0431. The lowest BCUT2D eigenvalue weighted by molar-refractivity contribution is -0.138. The van der Waals surface area contributed by atoms with Crippen molar-refractivity contribution in [1.82, 2.24) is 35.6 Å². The maximum atomic E-state index is 15.1. The normalized spacial score (nSPS) is 18.3. The molecule has 2 fully saturated rings. The first-order valence-corrected chi connectivity index (χ1v) is 12.4. The van der Waals surface area contributed by atoms with Crippen molar-refractivity contribution in [3.8, 4) is 0 Å². The fourth-order valence-electron chi connectivity index (χ4n) is 5.25. The zero-order chi connectivity index (χ0) is 25.5. The molecule has 1 saturated heterocycles. The Balaban J connectivity index is 1.32. The fraction of sp³-hybridized carbons (Fsp3) is 0.346. The molecule has 2 atom stereocenters. The largest absolute Gasteiger partial charge is 0.343 e. The van der Waals surface area contributed by atoms with Crippen LogP contribution in [0.25, 0.3) is 11.0 Å². The van der Waals surface area contributed by atoms with Gasteiger partial charge < -0.3 is 20.2 Å². The Morgan fingerprint density at radius 2 is 2.03 bits per heavy atom. The number of fused-ring (bicyclic) bond motifs is 1. The van der Waals surface area contributed by atoms with Gasteiger partial charge in [0.25, 0.3) is 0 Å². The number of imidazole rings is 1. The molecule has 0 unspecified atom stereocenters. The molecule has 190 valence electrons. The number of carbonyl (C=O) groups is 2. The highest BCUT2D eigenvalue weighted by molar-refractivity contribution is 5.90. The molecule has 0 bridgehead atoms. The summed E-state index contributed by atoms with van der Waals surface area (Å²) in [4.78, 5) is 45.7. The molecule has 11 heteroatoms. The number of aromatic nitrogens is 5. The van der Waals surface area contributed by atoms with Crippen molar-refractivity contribution in [3.05, 3.63) is 81.3 Å². The van der Waals surface area contributed by atoms with Gasteiger partial charge in [0.15, 0.2) is 0 Å². The van der Waals surface area contributed by atoms with E-state index in [9.17, 15) is 14.4 Å². The van der Waals surface area contributed by atoms with Crippen LogP contribution in [0.15, 0.2) is 47.4 Å². The van der Waals surface area contributed by atoms with E-state index in [-0.39, 0.29) is 35.7 Å². The van der Waals surface area contributed by atoms with Crippen molar-refractivity contribution in [1.29, 1.82) is 0 Å². The number of carbonyl (C=O) groups excluding carboxylic acids is 2. The molecule has 6 rings (SSSR count). The zero-order valence-corrected chi connectivity index (χ0v) is 20.0. The number of amides is 2. The zero-order valence-electron chi connectivity index (χ0n) is 20.0. The highest BCUT2D eigenvalue weighted by atomic mass is 19.1. The van der Waals surface area contributed by atoms with Crippen LogP contribution >= 0.6 is 0 Å². The second-order valence-corrected chi connectivity index (χ2v) is 9.73. The fourth-order valence-corrected chi connectivity index (χ4v) is 5.25. The summed E-state index contributed by atoms with van der Waals surface area (Å²) in [6, 6.07) is 9.00. The minimum Gasteiger partial charge on any atom is -0.343 e. The summed E-state index contributed by atoms with van der Waals surface area (Å²) < 4.78 is 15.1. The van der Waals surface area contributed by atoms with Crippen LogP contribution in [0.3, 0.4) is 0 Å². The van der Waals surface area contributed by atoms with Gasteiger partial charge in [0.2, 0.25) is 11.8 Å². The van der Waals surface area contributed by atoms with Crippen LogP contribution in [-0.2, 0) is 16.0 Å². The highest BCUT2D eigenvalue weighted by Gasteiger charge is 2.36. The summed E-state index contributed by atoms with van der Waals surface area (Å²) >= 11 is 0. The van der Waals surface area contributed by atoms with Crippen molar-refractivity contribution in [2.45, 2.75) is 50.1 Å². The Hall–Kier alpha value is -4.28. The molecule has 1 aliphatic carbocycles. The molecule has 37 heavy (non-hydrogen) atoms. The molecule has 1 aliphatic heterocycles. The Kier molecular flexibility index (Phi) is 5.82. The third kappa shape index (κ3) is 4.52. The number of hydrogen-bond donors (Lipinski definition) is 4. The first-order chi connectivity index (χ1) is 18.0. The first kappa shape index (κ1) is 23.1. The van der Waals surface area contributed by atoms with Gasteiger partial charge in [0.05, 0.1) is 35.4 Å². The molecule has 3 heterocycles. The number of benzene rings is 2. The van der Waals surface area contributed by atoms with Crippen molar-refractivity contribution < 1.29 is 14.0 Å². The number of para-hydroxylation sites is 1. The SMILES string of the molecule is O=C(N[C@@H](c1ccc(C2CC2)c(F)c1)c1cccc2[nH]c(=O)[nH]c12)[C@@H]1CCCN1C(=O)Cc1cn[nH]n1. The van der Waals surface area contributed by atoms with Crippen LogP contribution in [-0.4, -0.2) is 54.7 Å². The predicted molar refractivity (Wildman–Crippen MR) is 132 cm³/mol. The second-order valence-electron chi connectivity index (χ2n) is 9.73. The quantitative estimate of drug-likeness (QED) is 0.307. The monoisotopic (exact) mass is 503 g/mol. The van der Waals surface area contributed by atoms with E-state index in [1.165, 1.54) is 12.3 Å².